The number of hydrogen-bond donors (Lipinski definition) is 3. The van der Waals surface area contributed by atoms with E-state index in [2.05, 4.69) is 25.0 Å². The maximum atomic E-state index is 11.8. The first kappa shape index (κ1) is 15.6. The van der Waals surface area contributed by atoms with Crippen molar-refractivity contribution in [3.8, 4) is 0 Å². The Bertz CT molecular complexity index is 758. The summed E-state index contributed by atoms with van der Waals surface area (Å²) in [5.41, 5.74) is 1.30. The van der Waals surface area contributed by atoms with Crippen LogP contribution in [0.1, 0.15) is 11.4 Å². The van der Waals surface area contributed by atoms with E-state index < -0.39 is 16.2 Å². The lowest BCUT2D eigenvalue weighted by molar-refractivity contribution is 0.256. The van der Waals surface area contributed by atoms with Crippen molar-refractivity contribution in [2.75, 3.05) is 10.0 Å². The molecule has 10 heteroatoms. The number of nitrogens with zero attached hydrogens (tertiary/aromatic N) is 3. The summed E-state index contributed by atoms with van der Waals surface area (Å²) in [7, 11) is -4.10. The van der Waals surface area contributed by atoms with Crippen LogP contribution in [0.3, 0.4) is 0 Å². The lowest BCUT2D eigenvalue weighted by Gasteiger charge is -2.09. The number of aryl methyl sites for hydroxylation is 2. The third-order valence-electron chi connectivity index (χ3n) is 2.34. The molecular formula is C12H14N6O3S. The van der Waals surface area contributed by atoms with Crippen LogP contribution < -0.4 is 14.8 Å². The monoisotopic (exact) mass is 322 g/mol. The smallest absolute Gasteiger partial charge is 0.275 e. The topological polar surface area (TPSA) is 126 Å². The Hall–Kier alpha value is -2.75. The van der Waals surface area contributed by atoms with Gasteiger partial charge in [-0.1, -0.05) is 6.07 Å². The second-order valence-electron chi connectivity index (χ2n) is 4.35. The summed E-state index contributed by atoms with van der Waals surface area (Å²) in [6, 6.07) is 5.43. The number of pyridine rings is 1. The van der Waals surface area contributed by atoms with Gasteiger partial charge in [-0.25, -0.2) is 24.5 Å². The largest absolute Gasteiger partial charge is 0.336 e. The third-order valence-corrected chi connectivity index (χ3v) is 3.27. The molecule has 0 fully saturated rings. The third kappa shape index (κ3) is 4.66. The molecular weight excluding hydrogens is 308 g/mol. The van der Waals surface area contributed by atoms with E-state index in [9.17, 15) is 13.2 Å². The molecule has 0 spiro atoms. The molecule has 0 bridgehead atoms. The Balaban J connectivity index is 2.01. The van der Waals surface area contributed by atoms with E-state index in [0.29, 0.717) is 11.4 Å². The number of aromatic nitrogens is 3. The van der Waals surface area contributed by atoms with Gasteiger partial charge in [-0.15, -0.1) is 0 Å². The maximum absolute atomic E-state index is 11.8. The average Bonchev–Trinajstić information content (AvgIpc) is 2.36. The zero-order valence-electron chi connectivity index (χ0n) is 11.9. The van der Waals surface area contributed by atoms with Crippen molar-refractivity contribution < 1.29 is 13.2 Å². The van der Waals surface area contributed by atoms with E-state index in [-0.39, 0.29) is 11.8 Å². The van der Waals surface area contributed by atoms with Crippen molar-refractivity contribution in [2.45, 2.75) is 13.8 Å². The van der Waals surface area contributed by atoms with E-state index in [1.54, 1.807) is 36.8 Å². The molecule has 2 rings (SSSR count). The first-order chi connectivity index (χ1) is 10.3. The average molecular weight is 322 g/mol. The highest BCUT2D eigenvalue weighted by Crippen LogP contribution is 2.04. The van der Waals surface area contributed by atoms with Gasteiger partial charge in [-0.05, 0) is 32.0 Å². The van der Waals surface area contributed by atoms with Crippen molar-refractivity contribution in [2.24, 2.45) is 0 Å². The summed E-state index contributed by atoms with van der Waals surface area (Å²) in [5, 5.41) is 2.25. The fourth-order valence-corrected chi connectivity index (χ4v) is 2.36. The van der Waals surface area contributed by atoms with Crippen LogP contribution >= 0.6 is 0 Å². The van der Waals surface area contributed by atoms with Gasteiger partial charge in [0.2, 0.25) is 5.95 Å². The maximum Gasteiger partial charge on any atom is 0.336 e. The standard InChI is InChI=1S/C12H14N6O3S/c1-8-7-9(2)15-11(14-8)16-12(19)18-22(20,21)17-10-5-3-4-6-13-10/h3-7H,1-2H3,(H,13,17)(H2,14,15,16,18,19). The molecule has 0 atom stereocenters. The van der Waals surface area contributed by atoms with Crippen LogP contribution in [-0.2, 0) is 10.2 Å². The summed E-state index contributed by atoms with van der Waals surface area (Å²) in [6.07, 6.45) is 1.42. The van der Waals surface area contributed by atoms with E-state index in [1.165, 1.54) is 12.3 Å². The van der Waals surface area contributed by atoms with Gasteiger partial charge in [-0.3, -0.25) is 10.0 Å². The molecule has 0 saturated carbocycles. The van der Waals surface area contributed by atoms with Gasteiger partial charge in [0.05, 0.1) is 0 Å². The first-order valence-electron chi connectivity index (χ1n) is 6.19. The predicted octanol–water partition coefficient (Wildman–Crippen LogP) is 0.967. The number of nitrogens with one attached hydrogen (secondary N) is 3. The molecule has 3 N–H and O–H groups in total. The number of carbonyl (C=O) groups is 1. The van der Waals surface area contributed by atoms with Crippen LogP contribution in [-0.4, -0.2) is 29.4 Å². The molecule has 0 aromatic carbocycles. The van der Waals surface area contributed by atoms with E-state index in [0.717, 1.165) is 0 Å². The molecule has 0 saturated heterocycles. The molecule has 116 valence electrons. The lowest BCUT2D eigenvalue weighted by Crippen LogP contribution is -2.38. The van der Waals surface area contributed by atoms with Crippen molar-refractivity contribution in [1.29, 1.82) is 0 Å². The minimum atomic E-state index is -4.10. The Labute approximate surface area is 127 Å². The number of anilines is 2. The second-order valence-corrected chi connectivity index (χ2v) is 5.77. The molecule has 2 amide bonds. The molecule has 2 aromatic rings. The number of carbonyl (C=O) groups excluding carboxylic acids is 1. The number of amides is 2. The Morgan fingerprint density at radius 2 is 1.82 bits per heavy atom. The van der Waals surface area contributed by atoms with Crippen LogP contribution in [0, 0.1) is 13.8 Å². The Morgan fingerprint density at radius 1 is 1.14 bits per heavy atom. The summed E-state index contributed by atoms with van der Waals surface area (Å²) in [6.45, 7) is 3.47. The van der Waals surface area contributed by atoms with Crippen LogP contribution in [0.2, 0.25) is 0 Å². The Kier molecular flexibility index (Phi) is 4.51. The van der Waals surface area contributed by atoms with Gasteiger partial charge in [0.15, 0.2) is 0 Å². The molecule has 0 unspecified atom stereocenters. The highest BCUT2D eigenvalue weighted by Gasteiger charge is 2.15. The molecule has 0 aliphatic rings. The predicted molar refractivity (Wildman–Crippen MR) is 80.4 cm³/mol. The summed E-state index contributed by atoms with van der Waals surface area (Å²) in [4.78, 5) is 23.4. The highest BCUT2D eigenvalue weighted by atomic mass is 32.2. The van der Waals surface area contributed by atoms with Crippen molar-refractivity contribution >= 4 is 28.0 Å². The fourth-order valence-electron chi connectivity index (χ4n) is 1.62. The van der Waals surface area contributed by atoms with Gasteiger partial charge in [-0.2, -0.15) is 8.42 Å². The fraction of sp³-hybridized carbons (Fsp3) is 0.167. The van der Waals surface area contributed by atoms with Crippen LogP contribution in [0.25, 0.3) is 0 Å². The summed E-state index contributed by atoms with van der Waals surface area (Å²) < 4.78 is 27.4. The molecule has 2 aromatic heterocycles. The molecule has 0 radical (unpaired) electrons. The molecule has 22 heavy (non-hydrogen) atoms. The number of hydrogen-bond acceptors (Lipinski definition) is 6. The van der Waals surface area contributed by atoms with Crippen LogP contribution in [0.4, 0.5) is 16.6 Å². The quantitative estimate of drug-likeness (QED) is 0.770. The van der Waals surface area contributed by atoms with Gasteiger partial charge in [0.1, 0.15) is 5.82 Å². The highest BCUT2D eigenvalue weighted by molar-refractivity contribution is 7.91. The van der Waals surface area contributed by atoms with E-state index in [4.69, 9.17) is 0 Å². The zero-order chi connectivity index (χ0) is 16.2. The summed E-state index contributed by atoms with van der Waals surface area (Å²) in [5.74, 6) is 0.105. The van der Waals surface area contributed by atoms with Crippen LogP contribution in [0.15, 0.2) is 30.5 Å². The number of urea groups is 1. The zero-order valence-corrected chi connectivity index (χ0v) is 12.7. The van der Waals surface area contributed by atoms with E-state index >= 15 is 0 Å². The normalized spacial score (nSPS) is 10.8. The Morgan fingerprint density at radius 3 is 2.41 bits per heavy atom. The molecule has 0 aliphatic carbocycles. The van der Waals surface area contributed by atoms with Gasteiger partial charge < -0.3 is 0 Å². The lowest BCUT2D eigenvalue weighted by atomic mass is 10.4. The van der Waals surface area contributed by atoms with Crippen molar-refractivity contribution in [3.05, 3.63) is 41.9 Å². The van der Waals surface area contributed by atoms with Gasteiger partial charge in [0, 0.05) is 17.6 Å². The first-order valence-corrected chi connectivity index (χ1v) is 7.67. The number of rotatable bonds is 4. The molecule has 9 nitrogen and oxygen atoms in total. The molecule has 2 heterocycles. The van der Waals surface area contributed by atoms with Crippen LogP contribution in [0.5, 0.6) is 0 Å². The van der Waals surface area contributed by atoms with Crippen molar-refractivity contribution in [1.82, 2.24) is 19.7 Å². The van der Waals surface area contributed by atoms with Crippen molar-refractivity contribution in [3.63, 3.8) is 0 Å². The minimum Gasteiger partial charge on any atom is -0.275 e. The SMILES string of the molecule is Cc1cc(C)nc(NC(=O)NS(=O)(=O)Nc2ccccn2)n1. The minimum absolute atomic E-state index is 0.0167. The van der Waals surface area contributed by atoms with Gasteiger partial charge >= 0.3 is 16.2 Å². The van der Waals surface area contributed by atoms with Gasteiger partial charge in [0.25, 0.3) is 0 Å². The molecule has 0 aliphatic heterocycles. The summed E-state index contributed by atoms with van der Waals surface area (Å²) >= 11 is 0. The van der Waals surface area contributed by atoms with E-state index in [1.807, 2.05) is 0 Å². The second kappa shape index (κ2) is 6.35.